The van der Waals surface area contributed by atoms with E-state index in [9.17, 15) is 14.4 Å². The van der Waals surface area contributed by atoms with Gasteiger partial charge in [-0.2, -0.15) is 5.10 Å². The first-order chi connectivity index (χ1) is 19.9. The number of para-hydroxylation sites is 2. The van der Waals surface area contributed by atoms with Crippen LogP contribution in [0.15, 0.2) is 94.3 Å². The summed E-state index contributed by atoms with van der Waals surface area (Å²) in [7, 11) is 0. The number of benzene rings is 3. The Balaban J connectivity index is 1.54. The van der Waals surface area contributed by atoms with Crippen molar-refractivity contribution in [3.8, 4) is 22.8 Å². The van der Waals surface area contributed by atoms with Gasteiger partial charge in [0.15, 0.2) is 17.7 Å². The van der Waals surface area contributed by atoms with Crippen LogP contribution in [0.3, 0.4) is 0 Å². The predicted octanol–water partition coefficient (Wildman–Crippen LogP) is 5.93. The van der Waals surface area contributed by atoms with Crippen LogP contribution >= 0.6 is 0 Å². The van der Waals surface area contributed by atoms with E-state index in [4.69, 9.17) is 13.9 Å². The molecule has 0 saturated carbocycles. The highest BCUT2D eigenvalue weighted by Gasteiger charge is 2.28. The third-order valence-corrected chi connectivity index (χ3v) is 6.50. The summed E-state index contributed by atoms with van der Waals surface area (Å²) in [6.07, 6.45) is 0.465. The molecule has 5 aromatic rings. The lowest BCUT2D eigenvalue weighted by Crippen LogP contribution is -2.35. The molecule has 208 valence electrons. The van der Waals surface area contributed by atoms with Gasteiger partial charge in [0.05, 0.1) is 23.9 Å². The highest BCUT2D eigenvalue weighted by Crippen LogP contribution is 2.32. The van der Waals surface area contributed by atoms with Crippen LogP contribution in [0.1, 0.15) is 36.2 Å². The molecule has 1 atom stereocenters. The number of carbonyl (C=O) groups excluding carboxylic acids is 2. The maximum Gasteiger partial charge on any atom is 0.343 e. The fourth-order valence-corrected chi connectivity index (χ4v) is 4.38. The van der Waals surface area contributed by atoms with Crippen molar-refractivity contribution < 1.29 is 23.5 Å². The highest BCUT2D eigenvalue weighted by atomic mass is 16.5. The number of fused-ring (bicyclic) bond motifs is 1. The Morgan fingerprint density at radius 1 is 0.976 bits per heavy atom. The maximum absolute atomic E-state index is 13.7. The first-order valence-electron chi connectivity index (χ1n) is 13.3. The first-order valence-corrected chi connectivity index (χ1v) is 13.3. The van der Waals surface area contributed by atoms with E-state index < -0.39 is 23.4 Å². The van der Waals surface area contributed by atoms with Crippen molar-refractivity contribution in [1.29, 1.82) is 0 Å². The minimum absolute atomic E-state index is 0.0725. The Bertz CT molecular complexity index is 1760. The standard InChI is InChI=1S/C32H29N3O6/c1-4-25(31(37)34-30-24(32(38)39-5-2)19-33-35(30)22-11-7-6-8-12-22)40-29-27(36)23-13-9-10-14-26(23)41-28(29)21-17-15-20(3)16-18-21/h6-19,25H,4-5H2,1-3H3,(H,34,37). The Labute approximate surface area is 236 Å². The molecule has 1 amide bonds. The predicted molar refractivity (Wildman–Crippen MR) is 156 cm³/mol. The van der Waals surface area contributed by atoms with E-state index >= 15 is 0 Å². The van der Waals surface area contributed by atoms with E-state index in [1.54, 1.807) is 50.2 Å². The third-order valence-electron chi connectivity index (χ3n) is 6.50. The molecule has 2 heterocycles. The van der Waals surface area contributed by atoms with Crippen LogP contribution in [0.5, 0.6) is 5.75 Å². The molecule has 3 aromatic carbocycles. The molecule has 1 N–H and O–H groups in total. The van der Waals surface area contributed by atoms with Crippen LogP contribution in [0.2, 0.25) is 0 Å². The quantitative estimate of drug-likeness (QED) is 0.226. The Morgan fingerprint density at radius 3 is 2.39 bits per heavy atom. The molecule has 0 fully saturated rings. The number of hydrogen-bond donors (Lipinski definition) is 1. The number of anilines is 1. The molecule has 0 aliphatic heterocycles. The van der Waals surface area contributed by atoms with Gasteiger partial charge >= 0.3 is 5.97 Å². The van der Waals surface area contributed by atoms with Crippen LogP contribution in [-0.4, -0.2) is 34.4 Å². The first kappa shape index (κ1) is 27.4. The minimum atomic E-state index is -1.10. The lowest BCUT2D eigenvalue weighted by molar-refractivity contribution is -0.122. The molecule has 0 radical (unpaired) electrons. The fraction of sp³-hybridized carbons (Fsp3) is 0.188. The lowest BCUT2D eigenvalue weighted by Gasteiger charge is -2.20. The molecular weight excluding hydrogens is 522 g/mol. The van der Waals surface area contributed by atoms with Gasteiger partial charge in [-0.05, 0) is 44.5 Å². The summed E-state index contributed by atoms with van der Waals surface area (Å²) < 4.78 is 18.9. The van der Waals surface area contributed by atoms with Crippen molar-refractivity contribution in [1.82, 2.24) is 9.78 Å². The number of aromatic nitrogens is 2. The zero-order valence-corrected chi connectivity index (χ0v) is 22.9. The summed E-state index contributed by atoms with van der Waals surface area (Å²) >= 11 is 0. The number of carbonyl (C=O) groups is 2. The van der Waals surface area contributed by atoms with E-state index in [2.05, 4.69) is 10.4 Å². The van der Waals surface area contributed by atoms with Crippen molar-refractivity contribution >= 4 is 28.7 Å². The second-order valence-corrected chi connectivity index (χ2v) is 9.33. The normalized spacial score (nSPS) is 11.7. The molecule has 41 heavy (non-hydrogen) atoms. The van der Waals surface area contributed by atoms with E-state index in [1.807, 2.05) is 49.4 Å². The van der Waals surface area contributed by atoms with Crippen molar-refractivity contribution in [2.45, 2.75) is 33.3 Å². The molecule has 0 aliphatic carbocycles. The fourth-order valence-electron chi connectivity index (χ4n) is 4.38. The number of nitrogens with zero attached hydrogens (tertiary/aromatic N) is 2. The summed E-state index contributed by atoms with van der Waals surface area (Å²) in [6.45, 7) is 5.57. The van der Waals surface area contributed by atoms with Gasteiger partial charge in [-0.25, -0.2) is 9.48 Å². The molecule has 2 aromatic heterocycles. The summed E-state index contributed by atoms with van der Waals surface area (Å²) in [5.41, 5.74) is 2.40. The number of esters is 1. The van der Waals surface area contributed by atoms with Crippen LogP contribution in [0.25, 0.3) is 28.0 Å². The molecule has 0 aliphatic rings. The SMILES string of the molecule is CCOC(=O)c1cnn(-c2ccccc2)c1NC(=O)C(CC)Oc1c(-c2ccc(C)cc2)oc2ccccc2c1=O. The number of ether oxygens (including phenoxy) is 2. The molecular formula is C32H29N3O6. The summed E-state index contributed by atoms with van der Waals surface area (Å²) in [4.78, 5) is 40.0. The zero-order chi connectivity index (χ0) is 28.9. The summed E-state index contributed by atoms with van der Waals surface area (Å²) in [5.74, 6) is -0.918. The van der Waals surface area contributed by atoms with Crippen molar-refractivity contribution in [2.75, 3.05) is 11.9 Å². The molecule has 9 nitrogen and oxygen atoms in total. The number of amides is 1. The number of nitrogens with one attached hydrogen (secondary N) is 1. The molecule has 1 unspecified atom stereocenters. The maximum atomic E-state index is 13.7. The summed E-state index contributed by atoms with van der Waals surface area (Å²) in [5, 5.41) is 7.44. The van der Waals surface area contributed by atoms with Crippen LogP contribution < -0.4 is 15.5 Å². The van der Waals surface area contributed by atoms with E-state index in [-0.39, 0.29) is 35.9 Å². The van der Waals surface area contributed by atoms with Gasteiger partial charge in [0, 0.05) is 5.56 Å². The van der Waals surface area contributed by atoms with E-state index in [1.165, 1.54) is 10.9 Å². The van der Waals surface area contributed by atoms with Crippen LogP contribution in [-0.2, 0) is 9.53 Å². The zero-order valence-electron chi connectivity index (χ0n) is 22.9. The van der Waals surface area contributed by atoms with Gasteiger partial charge < -0.3 is 19.2 Å². The molecule has 0 bridgehead atoms. The Kier molecular flexibility index (Phi) is 7.96. The molecule has 0 saturated heterocycles. The van der Waals surface area contributed by atoms with Gasteiger partial charge in [0.2, 0.25) is 11.2 Å². The largest absolute Gasteiger partial charge is 0.473 e. The Morgan fingerprint density at radius 2 is 1.68 bits per heavy atom. The smallest absolute Gasteiger partial charge is 0.343 e. The highest BCUT2D eigenvalue weighted by molar-refractivity contribution is 6.02. The Hall–Kier alpha value is -5.18. The van der Waals surface area contributed by atoms with Gasteiger partial charge in [0.25, 0.3) is 5.91 Å². The molecule has 9 heteroatoms. The topological polar surface area (TPSA) is 113 Å². The average Bonchev–Trinajstić information content (AvgIpc) is 3.41. The van der Waals surface area contributed by atoms with E-state index in [0.29, 0.717) is 22.2 Å². The van der Waals surface area contributed by atoms with Crippen molar-refractivity contribution in [2.24, 2.45) is 0 Å². The van der Waals surface area contributed by atoms with Gasteiger partial charge in [-0.15, -0.1) is 0 Å². The van der Waals surface area contributed by atoms with Crippen molar-refractivity contribution in [3.63, 3.8) is 0 Å². The second kappa shape index (κ2) is 11.9. The van der Waals surface area contributed by atoms with Gasteiger partial charge in [0.1, 0.15) is 11.1 Å². The molecule has 5 rings (SSSR count). The number of aryl methyl sites for hydroxylation is 1. The monoisotopic (exact) mass is 551 g/mol. The van der Waals surface area contributed by atoms with Crippen LogP contribution in [0.4, 0.5) is 5.82 Å². The van der Waals surface area contributed by atoms with Gasteiger partial charge in [-0.3, -0.25) is 9.59 Å². The number of hydrogen-bond acceptors (Lipinski definition) is 7. The van der Waals surface area contributed by atoms with Gasteiger partial charge in [-0.1, -0.05) is 67.1 Å². The number of rotatable bonds is 9. The van der Waals surface area contributed by atoms with Crippen molar-refractivity contribution in [3.05, 3.63) is 106 Å². The minimum Gasteiger partial charge on any atom is -0.473 e. The lowest BCUT2D eigenvalue weighted by atomic mass is 10.1. The average molecular weight is 552 g/mol. The van der Waals surface area contributed by atoms with E-state index in [0.717, 1.165) is 5.56 Å². The summed E-state index contributed by atoms with van der Waals surface area (Å²) in [6, 6.07) is 23.4. The third kappa shape index (κ3) is 5.60. The second-order valence-electron chi connectivity index (χ2n) is 9.33. The molecule has 0 spiro atoms. The van der Waals surface area contributed by atoms with Crippen LogP contribution in [0, 0.1) is 6.92 Å².